The lowest BCUT2D eigenvalue weighted by atomic mass is 9.97. The third-order valence-corrected chi connectivity index (χ3v) is 5.08. The van der Waals surface area contributed by atoms with Gasteiger partial charge in [0.15, 0.2) is 0 Å². The second-order valence-corrected chi connectivity index (χ2v) is 6.83. The molecule has 24 heavy (non-hydrogen) atoms. The molecule has 0 unspecified atom stereocenters. The van der Waals surface area contributed by atoms with Crippen molar-refractivity contribution in [3.05, 3.63) is 47.5 Å². The predicted octanol–water partition coefficient (Wildman–Crippen LogP) is 3.40. The Morgan fingerprint density at radius 1 is 1.04 bits per heavy atom. The van der Waals surface area contributed by atoms with Crippen LogP contribution < -0.4 is 5.32 Å². The largest absolute Gasteiger partial charge is 0.334 e. The van der Waals surface area contributed by atoms with Crippen molar-refractivity contribution in [2.75, 3.05) is 32.7 Å². The summed E-state index contributed by atoms with van der Waals surface area (Å²) in [5.41, 5.74) is 2.79. The molecule has 1 aromatic rings. The van der Waals surface area contributed by atoms with Crippen molar-refractivity contribution in [2.45, 2.75) is 38.6 Å². The molecule has 1 saturated heterocycles. The summed E-state index contributed by atoms with van der Waals surface area (Å²) < 4.78 is 0. The molecule has 0 aromatic heterocycles. The van der Waals surface area contributed by atoms with Crippen LogP contribution in [0, 0.1) is 0 Å². The van der Waals surface area contributed by atoms with Gasteiger partial charge in [0.1, 0.15) is 0 Å². The Morgan fingerprint density at radius 3 is 2.54 bits per heavy atom. The fourth-order valence-corrected chi connectivity index (χ4v) is 3.49. The van der Waals surface area contributed by atoms with Gasteiger partial charge in [0.2, 0.25) is 0 Å². The van der Waals surface area contributed by atoms with Crippen LogP contribution in [0.1, 0.15) is 37.7 Å². The fourth-order valence-electron chi connectivity index (χ4n) is 3.49. The first-order chi connectivity index (χ1) is 11.8. The first-order valence-corrected chi connectivity index (χ1v) is 9.28. The molecule has 130 valence electrons. The van der Waals surface area contributed by atoms with Crippen molar-refractivity contribution >= 4 is 6.03 Å². The highest BCUT2D eigenvalue weighted by atomic mass is 16.2. The lowest BCUT2D eigenvalue weighted by molar-refractivity contribution is 0.139. The number of hydrogen-bond acceptors (Lipinski definition) is 2. The van der Waals surface area contributed by atoms with Gasteiger partial charge in [-0.1, -0.05) is 42.0 Å². The molecule has 2 amide bonds. The summed E-state index contributed by atoms with van der Waals surface area (Å²) in [6.07, 6.45) is 8.94. The van der Waals surface area contributed by atoms with E-state index in [0.29, 0.717) is 6.54 Å². The number of allylic oxidation sites excluding steroid dienone is 1. The SMILES string of the molecule is O=C(NCc1ccccc1)N1CCN(CCC2=CCCCC2)CC1. The highest BCUT2D eigenvalue weighted by Crippen LogP contribution is 2.20. The number of rotatable bonds is 5. The van der Waals surface area contributed by atoms with Gasteiger partial charge in [0.25, 0.3) is 0 Å². The molecule has 4 nitrogen and oxygen atoms in total. The normalized spacial score (nSPS) is 19.0. The molecule has 0 atom stereocenters. The summed E-state index contributed by atoms with van der Waals surface area (Å²) in [6.45, 7) is 5.40. The van der Waals surface area contributed by atoms with Crippen molar-refractivity contribution in [1.82, 2.24) is 15.1 Å². The van der Waals surface area contributed by atoms with Crippen LogP contribution in [0.4, 0.5) is 4.79 Å². The molecule has 0 spiro atoms. The third-order valence-electron chi connectivity index (χ3n) is 5.08. The summed E-state index contributed by atoms with van der Waals surface area (Å²) >= 11 is 0. The van der Waals surface area contributed by atoms with E-state index in [4.69, 9.17) is 0 Å². The molecule has 1 aliphatic heterocycles. The van der Waals surface area contributed by atoms with E-state index in [1.807, 2.05) is 35.2 Å². The Labute approximate surface area is 145 Å². The molecule has 0 bridgehead atoms. The van der Waals surface area contributed by atoms with Gasteiger partial charge < -0.3 is 10.2 Å². The average Bonchev–Trinajstić information content (AvgIpc) is 2.66. The molecule has 1 aliphatic carbocycles. The van der Waals surface area contributed by atoms with Gasteiger partial charge in [0, 0.05) is 39.3 Å². The Balaban J connectivity index is 1.35. The van der Waals surface area contributed by atoms with Gasteiger partial charge in [-0.15, -0.1) is 0 Å². The zero-order valence-electron chi connectivity index (χ0n) is 14.5. The molecule has 4 heteroatoms. The van der Waals surface area contributed by atoms with Crippen LogP contribution in [0.15, 0.2) is 42.0 Å². The molecule has 1 N–H and O–H groups in total. The Hall–Kier alpha value is -1.81. The van der Waals surface area contributed by atoms with Crippen LogP contribution in [0.25, 0.3) is 0 Å². The molecule has 2 aliphatic rings. The van der Waals surface area contributed by atoms with Crippen LogP contribution in [0.3, 0.4) is 0 Å². The molecule has 3 rings (SSSR count). The lowest BCUT2D eigenvalue weighted by Gasteiger charge is -2.35. The lowest BCUT2D eigenvalue weighted by Crippen LogP contribution is -2.51. The van der Waals surface area contributed by atoms with E-state index in [9.17, 15) is 4.79 Å². The summed E-state index contributed by atoms with van der Waals surface area (Å²) in [5.74, 6) is 0. The molecule has 0 radical (unpaired) electrons. The van der Waals surface area contributed by atoms with Gasteiger partial charge in [-0.25, -0.2) is 4.79 Å². The smallest absolute Gasteiger partial charge is 0.317 e. The first-order valence-electron chi connectivity index (χ1n) is 9.28. The van der Waals surface area contributed by atoms with E-state index in [0.717, 1.165) is 38.3 Å². The molecular formula is C20H29N3O. The minimum atomic E-state index is 0.0634. The van der Waals surface area contributed by atoms with Crippen molar-refractivity contribution in [2.24, 2.45) is 0 Å². The van der Waals surface area contributed by atoms with Gasteiger partial charge in [-0.2, -0.15) is 0 Å². The highest BCUT2D eigenvalue weighted by molar-refractivity contribution is 5.74. The summed E-state index contributed by atoms with van der Waals surface area (Å²) in [4.78, 5) is 16.7. The zero-order chi connectivity index (χ0) is 16.6. The van der Waals surface area contributed by atoms with Crippen molar-refractivity contribution in [3.8, 4) is 0 Å². The molecule has 0 saturated carbocycles. The minimum Gasteiger partial charge on any atom is -0.334 e. The zero-order valence-corrected chi connectivity index (χ0v) is 14.5. The van der Waals surface area contributed by atoms with Crippen LogP contribution in [0.2, 0.25) is 0 Å². The molecule has 1 fully saturated rings. The number of carbonyl (C=O) groups is 1. The molecule has 1 aromatic carbocycles. The first kappa shape index (κ1) is 17.0. The summed E-state index contributed by atoms with van der Waals surface area (Å²) in [5, 5.41) is 3.03. The number of amides is 2. The second kappa shape index (κ2) is 8.88. The topological polar surface area (TPSA) is 35.6 Å². The molecular weight excluding hydrogens is 298 g/mol. The van der Waals surface area contributed by atoms with Crippen LogP contribution in [-0.4, -0.2) is 48.6 Å². The average molecular weight is 327 g/mol. The van der Waals surface area contributed by atoms with Crippen LogP contribution in [0.5, 0.6) is 0 Å². The number of urea groups is 1. The maximum Gasteiger partial charge on any atom is 0.317 e. The van der Waals surface area contributed by atoms with Gasteiger partial charge in [0.05, 0.1) is 0 Å². The standard InChI is InChI=1S/C20H29N3O/c24-20(21-17-19-9-5-2-6-10-19)23-15-13-22(14-16-23)12-11-18-7-3-1-4-8-18/h2,5-7,9-10H,1,3-4,8,11-17H2,(H,21,24). The van der Waals surface area contributed by atoms with Crippen LogP contribution >= 0.6 is 0 Å². The Bertz CT molecular complexity index is 547. The third kappa shape index (κ3) is 5.10. The number of carbonyl (C=O) groups excluding carboxylic acids is 1. The Morgan fingerprint density at radius 2 is 1.83 bits per heavy atom. The maximum absolute atomic E-state index is 12.3. The number of hydrogen-bond donors (Lipinski definition) is 1. The number of piperazine rings is 1. The number of nitrogens with zero attached hydrogens (tertiary/aromatic N) is 2. The van der Waals surface area contributed by atoms with E-state index in [1.54, 1.807) is 5.57 Å². The van der Waals surface area contributed by atoms with Crippen LogP contribution in [-0.2, 0) is 6.54 Å². The maximum atomic E-state index is 12.3. The second-order valence-electron chi connectivity index (χ2n) is 6.83. The quantitative estimate of drug-likeness (QED) is 0.841. The van der Waals surface area contributed by atoms with E-state index in [-0.39, 0.29) is 6.03 Å². The fraction of sp³-hybridized carbons (Fsp3) is 0.550. The van der Waals surface area contributed by atoms with Gasteiger partial charge in [-0.3, -0.25) is 4.90 Å². The van der Waals surface area contributed by atoms with E-state index in [1.165, 1.54) is 32.1 Å². The van der Waals surface area contributed by atoms with Crippen molar-refractivity contribution < 1.29 is 4.79 Å². The van der Waals surface area contributed by atoms with Crippen molar-refractivity contribution in [1.29, 1.82) is 0 Å². The Kier molecular flexibility index (Phi) is 6.30. The van der Waals surface area contributed by atoms with E-state index in [2.05, 4.69) is 16.3 Å². The predicted molar refractivity (Wildman–Crippen MR) is 97.9 cm³/mol. The van der Waals surface area contributed by atoms with E-state index < -0.39 is 0 Å². The molecule has 1 heterocycles. The van der Waals surface area contributed by atoms with Gasteiger partial charge >= 0.3 is 6.03 Å². The summed E-state index contributed by atoms with van der Waals surface area (Å²) in [6, 6.07) is 10.1. The number of benzene rings is 1. The van der Waals surface area contributed by atoms with E-state index >= 15 is 0 Å². The highest BCUT2D eigenvalue weighted by Gasteiger charge is 2.20. The number of nitrogens with one attached hydrogen (secondary N) is 1. The summed E-state index contributed by atoms with van der Waals surface area (Å²) in [7, 11) is 0. The van der Waals surface area contributed by atoms with Crippen molar-refractivity contribution in [3.63, 3.8) is 0 Å². The minimum absolute atomic E-state index is 0.0634. The van der Waals surface area contributed by atoms with Gasteiger partial charge in [-0.05, 0) is 37.7 Å². The monoisotopic (exact) mass is 327 g/mol.